The number of thioether (sulfide) groups is 1. The third-order valence-electron chi connectivity index (χ3n) is 1.91. The Morgan fingerprint density at radius 2 is 2.14 bits per heavy atom. The summed E-state index contributed by atoms with van der Waals surface area (Å²) in [5.41, 5.74) is 0.994. The molecule has 2 nitrogen and oxygen atoms in total. The minimum Gasteiger partial charge on any atom is -0.389 e. The highest BCUT2D eigenvalue weighted by atomic mass is 32.2. The number of aliphatic hydroxyl groups excluding tert-OH is 1. The van der Waals surface area contributed by atoms with Gasteiger partial charge in [-0.25, -0.2) is 0 Å². The number of ether oxygens (including phenoxy) is 1. The van der Waals surface area contributed by atoms with Gasteiger partial charge >= 0.3 is 0 Å². The van der Waals surface area contributed by atoms with E-state index in [1.165, 1.54) is 0 Å². The first-order chi connectivity index (χ1) is 6.75. The molecule has 0 amide bonds. The summed E-state index contributed by atoms with van der Waals surface area (Å²) in [6, 6.07) is 7.92. The number of hydrogen-bond acceptors (Lipinski definition) is 3. The van der Waals surface area contributed by atoms with Crippen molar-refractivity contribution in [3.63, 3.8) is 0 Å². The molecule has 0 aliphatic heterocycles. The Morgan fingerprint density at radius 3 is 2.79 bits per heavy atom. The lowest BCUT2D eigenvalue weighted by atomic mass is 10.1. The van der Waals surface area contributed by atoms with Gasteiger partial charge in [0.2, 0.25) is 0 Å². The van der Waals surface area contributed by atoms with Crippen LogP contribution in [0.25, 0.3) is 0 Å². The molecule has 1 unspecified atom stereocenters. The number of rotatable bonds is 5. The molecule has 1 N–H and O–H groups in total. The fraction of sp³-hybridized carbons (Fsp3) is 0.455. The Bertz CT molecular complexity index is 274. The van der Waals surface area contributed by atoms with E-state index in [0.717, 1.165) is 22.8 Å². The first-order valence-electron chi connectivity index (χ1n) is 4.64. The molecule has 14 heavy (non-hydrogen) atoms. The Morgan fingerprint density at radius 1 is 1.43 bits per heavy atom. The van der Waals surface area contributed by atoms with Crippen LogP contribution >= 0.6 is 11.8 Å². The summed E-state index contributed by atoms with van der Waals surface area (Å²) in [7, 11) is 1.70. The molecule has 0 bridgehead atoms. The van der Waals surface area contributed by atoms with Crippen molar-refractivity contribution in [2.75, 3.05) is 19.5 Å². The maximum absolute atomic E-state index is 9.52. The van der Waals surface area contributed by atoms with E-state index >= 15 is 0 Å². The van der Waals surface area contributed by atoms with Crippen molar-refractivity contribution in [3.05, 3.63) is 29.8 Å². The van der Waals surface area contributed by atoms with Crippen LogP contribution in [0.2, 0.25) is 0 Å². The summed E-state index contributed by atoms with van der Waals surface area (Å²) in [6.45, 7) is 2.52. The molecule has 0 spiro atoms. The van der Waals surface area contributed by atoms with Gasteiger partial charge < -0.3 is 9.84 Å². The molecule has 1 rings (SSSR count). The number of hydrogen-bond donors (Lipinski definition) is 1. The van der Waals surface area contributed by atoms with Crippen LogP contribution in [0.4, 0.5) is 0 Å². The second-order valence-electron chi connectivity index (χ2n) is 3.06. The lowest BCUT2D eigenvalue weighted by Crippen LogP contribution is -1.96. The summed E-state index contributed by atoms with van der Waals surface area (Å²) < 4.78 is 4.98. The van der Waals surface area contributed by atoms with E-state index in [0.29, 0.717) is 0 Å². The zero-order valence-corrected chi connectivity index (χ0v) is 9.38. The maximum atomic E-state index is 9.52. The Kier molecular flexibility index (Phi) is 5.01. The number of aliphatic hydroxyl groups is 1. The summed E-state index contributed by atoms with van der Waals surface area (Å²) in [5, 5.41) is 9.52. The van der Waals surface area contributed by atoms with Crippen LogP contribution in [0.3, 0.4) is 0 Å². The van der Waals surface area contributed by atoms with Crippen molar-refractivity contribution >= 4 is 11.8 Å². The van der Waals surface area contributed by atoms with Crippen LogP contribution in [0, 0.1) is 0 Å². The van der Waals surface area contributed by atoms with E-state index in [9.17, 15) is 5.11 Å². The number of benzene rings is 1. The van der Waals surface area contributed by atoms with Gasteiger partial charge in [-0.3, -0.25) is 0 Å². The van der Waals surface area contributed by atoms with Crippen LogP contribution in [0.1, 0.15) is 18.6 Å². The van der Waals surface area contributed by atoms with Gasteiger partial charge in [0.25, 0.3) is 0 Å². The van der Waals surface area contributed by atoms with E-state index in [4.69, 9.17) is 4.74 Å². The smallest absolute Gasteiger partial charge is 0.0772 e. The Balaban J connectivity index is 2.64. The summed E-state index contributed by atoms with van der Waals surface area (Å²) >= 11 is 1.71. The summed E-state index contributed by atoms with van der Waals surface area (Å²) in [4.78, 5) is 1.14. The quantitative estimate of drug-likeness (QED) is 0.600. The normalized spacial score (nSPS) is 12.8. The Labute approximate surface area is 89.3 Å². The molecule has 0 aliphatic rings. The standard InChI is InChI=1S/C11H16O2S/c1-9(12)10-5-3-4-6-11(10)14-8-7-13-2/h3-6,9,12H,7-8H2,1-2H3. The molecule has 0 heterocycles. The van der Waals surface area contributed by atoms with Gasteiger partial charge in [-0.05, 0) is 18.6 Å². The lowest BCUT2D eigenvalue weighted by molar-refractivity contribution is 0.196. The summed E-state index contributed by atoms with van der Waals surface area (Å²) in [5.74, 6) is 0.917. The molecule has 0 saturated carbocycles. The van der Waals surface area contributed by atoms with Crippen molar-refractivity contribution in [2.24, 2.45) is 0 Å². The van der Waals surface area contributed by atoms with Crippen molar-refractivity contribution in [1.29, 1.82) is 0 Å². The second-order valence-corrected chi connectivity index (χ2v) is 4.19. The van der Waals surface area contributed by atoms with Crippen molar-refractivity contribution in [1.82, 2.24) is 0 Å². The average molecular weight is 212 g/mol. The van der Waals surface area contributed by atoms with Crippen LogP contribution in [0.15, 0.2) is 29.2 Å². The molecule has 0 aromatic heterocycles. The molecule has 78 valence electrons. The third-order valence-corrected chi connectivity index (χ3v) is 2.97. The second kappa shape index (κ2) is 6.06. The molecule has 0 radical (unpaired) electrons. The molecule has 0 saturated heterocycles. The predicted molar refractivity (Wildman–Crippen MR) is 59.7 cm³/mol. The van der Waals surface area contributed by atoms with Crippen LogP contribution in [0.5, 0.6) is 0 Å². The topological polar surface area (TPSA) is 29.5 Å². The predicted octanol–water partition coefficient (Wildman–Crippen LogP) is 2.48. The van der Waals surface area contributed by atoms with E-state index < -0.39 is 6.10 Å². The minimum absolute atomic E-state index is 0.402. The molecule has 3 heteroatoms. The van der Waals surface area contributed by atoms with E-state index in [2.05, 4.69) is 0 Å². The highest BCUT2D eigenvalue weighted by Crippen LogP contribution is 2.26. The largest absolute Gasteiger partial charge is 0.389 e. The third kappa shape index (κ3) is 3.33. The van der Waals surface area contributed by atoms with Gasteiger partial charge in [0.1, 0.15) is 0 Å². The van der Waals surface area contributed by atoms with Gasteiger partial charge in [-0.1, -0.05) is 18.2 Å². The highest BCUT2D eigenvalue weighted by molar-refractivity contribution is 7.99. The van der Waals surface area contributed by atoms with Gasteiger partial charge in [-0.2, -0.15) is 0 Å². The van der Waals surface area contributed by atoms with Crippen molar-refractivity contribution in [2.45, 2.75) is 17.9 Å². The molecular weight excluding hydrogens is 196 g/mol. The van der Waals surface area contributed by atoms with Crippen LogP contribution < -0.4 is 0 Å². The van der Waals surface area contributed by atoms with E-state index in [-0.39, 0.29) is 0 Å². The fourth-order valence-electron chi connectivity index (χ4n) is 1.19. The minimum atomic E-state index is -0.402. The zero-order chi connectivity index (χ0) is 10.4. The van der Waals surface area contributed by atoms with Crippen LogP contribution in [-0.2, 0) is 4.74 Å². The van der Waals surface area contributed by atoms with Crippen LogP contribution in [-0.4, -0.2) is 24.6 Å². The monoisotopic (exact) mass is 212 g/mol. The van der Waals surface area contributed by atoms with Gasteiger partial charge in [0, 0.05) is 17.8 Å². The molecule has 1 aromatic carbocycles. The number of methoxy groups -OCH3 is 1. The first kappa shape index (κ1) is 11.6. The molecule has 0 aliphatic carbocycles. The lowest BCUT2D eigenvalue weighted by Gasteiger charge is -2.10. The zero-order valence-electron chi connectivity index (χ0n) is 8.56. The van der Waals surface area contributed by atoms with Gasteiger partial charge in [0.05, 0.1) is 12.7 Å². The average Bonchev–Trinajstić information content (AvgIpc) is 2.19. The van der Waals surface area contributed by atoms with Gasteiger partial charge in [0.15, 0.2) is 0 Å². The first-order valence-corrected chi connectivity index (χ1v) is 5.63. The molecular formula is C11H16O2S. The van der Waals surface area contributed by atoms with Crippen molar-refractivity contribution in [3.8, 4) is 0 Å². The van der Waals surface area contributed by atoms with Gasteiger partial charge in [-0.15, -0.1) is 11.8 Å². The SMILES string of the molecule is COCCSc1ccccc1C(C)O. The van der Waals surface area contributed by atoms with E-state index in [1.54, 1.807) is 25.8 Å². The Hall–Kier alpha value is -0.510. The molecule has 1 aromatic rings. The maximum Gasteiger partial charge on any atom is 0.0772 e. The van der Waals surface area contributed by atoms with E-state index in [1.807, 2.05) is 24.3 Å². The van der Waals surface area contributed by atoms with Crippen molar-refractivity contribution < 1.29 is 9.84 Å². The molecule has 1 atom stereocenters. The molecule has 0 fully saturated rings. The summed E-state index contributed by atoms with van der Waals surface area (Å²) in [6.07, 6.45) is -0.402. The highest BCUT2D eigenvalue weighted by Gasteiger charge is 2.06. The fourth-order valence-corrected chi connectivity index (χ4v) is 2.24.